The summed E-state index contributed by atoms with van der Waals surface area (Å²) < 4.78 is 27.6. The highest BCUT2D eigenvalue weighted by atomic mass is 32.2. The monoisotopic (exact) mass is 387 g/mol. The van der Waals surface area contributed by atoms with Crippen LogP contribution in [0.1, 0.15) is 20.8 Å². The molecule has 0 fully saturated rings. The van der Waals surface area contributed by atoms with Crippen LogP contribution in [-0.2, 0) is 10.0 Å². The summed E-state index contributed by atoms with van der Waals surface area (Å²) in [7, 11) is -3.73. The Labute approximate surface area is 156 Å². The van der Waals surface area contributed by atoms with Crippen molar-refractivity contribution in [3.8, 4) is 0 Å². The fourth-order valence-electron chi connectivity index (χ4n) is 2.26. The molecule has 0 unspecified atom stereocenters. The van der Waals surface area contributed by atoms with Crippen LogP contribution >= 0.6 is 11.3 Å². The second-order valence-electron chi connectivity index (χ2n) is 5.67. The average Bonchev–Trinajstić information content (AvgIpc) is 3.02. The maximum absolute atomic E-state index is 12.5. The summed E-state index contributed by atoms with van der Waals surface area (Å²) >= 11 is 1.37. The lowest BCUT2D eigenvalue weighted by atomic mass is 10.2. The Kier molecular flexibility index (Phi) is 5.06. The number of benzene rings is 2. The molecule has 0 saturated heterocycles. The summed E-state index contributed by atoms with van der Waals surface area (Å²) in [4.78, 5) is 17.4. The van der Waals surface area contributed by atoms with Crippen molar-refractivity contribution in [1.29, 1.82) is 0 Å². The molecule has 0 saturated carbocycles. The molecule has 3 rings (SSSR count). The summed E-state index contributed by atoms with van der Waals surface area (Å²) in [5.41, 5.74) is 1.70. The van der Waals surface area contributed by atoms with Crippen LogP contribution in [0.3, 0.4) is 0 Å². The standard InChI is InChI=1S/C18H17N3O3S2/c1-12-5-3-4-6-16(12)21-26(23,24)15-9-7-14(8-10-15)17(22)20-18-19-11-13(2)25-18/h3-11,21H,1-2H3,(H,19,20,22). The van der Waals surface area contributed by atoms with E-state index in [1.807, 2.05) is 26.0 Å². The molecule has 1 amide bonds. The van der Waals surface area contributed by atoms with E-state index in [9.17, 15) is 13.2 Å². The quantitative estimate of drug-likeness (QED) is 0.697. The molecule has 0 atom stereocenters. The highest BCUT2D eigenvalue weighted by Crippen LogP contribution is 2.21. The van der Waals surface area contributed by atoms with Gasteiger partial charge in [-0.2, -0.15) is 0 Å². The van der Waals surface area contributed by atoms with E-state index in [1.54, 1.807) is 18.3 Å². The van der Waals surface area contributed by atoms with Crippen LogP contribution < -0.4 is 10.0 Å². The SMILES string of the molecule is Cc1cnc(NC(=O)c2ccc(S(=O)(=O)Nc3ccccc3C)cc2)s1. The van der Waals surface area contributed by atoms with Gasteiger partial charge in [0.15, 0.2) is 5.13 Å². The van der Waals surface area contributed by atoms with Gasteiger partial charge in [0, 0.05) is 16.6 Å². The fraction of sp³-hybridized carbons (Fsp3) is 0.111. The number of sulfonamides is 1. The number of thiazole rings is 1. The van der Waals surface area contributed by atoms with Gasteiger partial charge in [0.25, 0.3) is 15.9 Å². The molecular weight excluding hydrogens is 370 g/mol. The largest absolute Gasteiger partial charge is 0.298 e. The number of amides is 1. The van der Waals surface area contributed by atoms with Crippen LogP contribution in [0.4, 0.5) is 10.8 Å². The van der Waals surface area contributed by atoms with Gasteiger partial charge < -0.3 is 0 Å². The zero-order valence-electron chi connectivity index (χ0n) is 14.2. The highest BCUT2D eigenvalue weighted by molar-refractivity contribution is 7.92. The first-order valence-electron chi connectivity index (χ1n) is 7.77. The van der Waals surface area contributed by atoms with Gasteiger partial charge in [-0.15, -0.1) is 11.3 Å². The maximum atomic E-state index is 12.5. The van der Waals surface area contributed by atoms with E-state index in [2.05, 4.69) is 15.0 Å². The number of rotatable bonds is 5. The molecule has 2 N–H and O–H groups in total. The van der Waals surface area contributed by atoms with Crippen molar-refractivity contribution in [3.05, 3.63) is 70.7 Å². The van der Waals surface area contributed by atoms with Crippen molar-refractivity contribution < 1.29 is 13.2 Å². The van der Waals surface area contributed by atoms with Crippen LogP contribution in [-0.4, -0.2) is 19.3 Å². The molecule has 1 heterocycles. The van der Waals surface area contributed by atoms with Crippen LogP contribution in [0.25, 0.3) is 0 Å². The lowest BCUT2D eigenvalue weighted by molar-refractivity contribution is 0.102. The van der Waals surface area contributed by atoms with Crippen molar-refractivity contribution in [2.24, 2.45) is 0 Å². The van der Waals surface area contributed by atoms with E-state index in [-0.39, 0.29) is 10.8 Å². The van der Waals surface area contributed by atoms with Gasteiger partial charge in [-0.25, -0.2) is 13.4 Å². The van der Waals surface area contributed by atoms with Crippen molar-refractivity contribution in [2.75, 3.05) is 10.0 Å². The number of hydrogen-bond donors (Lipinski definition) is 2. The van der Waals surface area contributed by atoms with Crippen LogP contribution in [0.15, 0.2) is 59.6 Å². The van der Waals surface area contributed by atoms with Gasteiger partial charge in [0.1, 0.15) is 0 Å². The second kappa shape index (κ2) is 7.27. The summed E-state index contributed by atoms with van der Waals surface area (Å²) in [6, 6.07) is 12.9. The number of carbonyl (C=O) groups excluding carboxylic acids is 1. The van der Waals surface area contributed by atoms with Crippen LogP contribution in [0.5, 0.6) is 0 Å². The first-order chi connectivity index (χ1) is 12.3. The maximum Gasteiger partial charge on any atom is 0.261 e. The molecule has 6 nitrogen and oxygen atoms in total. The molecule has 3 aromatic rings. The summed E-state index contributed by atoms with van der Waals surface area (Å²) in [5.74, 6) is -0.338. The first kappa shape index (κ1) is 18.1. The first-order valence-corrected chi connectivity index (χ1v) is 10.1. The number of nitrogens with zero attached hydrogens (tertiary/aromatic N) is 1. The van der Waals surface area contributed by atoms with Crippen molar-refractivity contribution in [2.45, 2.75) is 18.7 Å². The van der Waals surface area contributed by atoms with E-state index in [4.69, 9.17) is 0 Å². The van der Waals surface area contributed by atoms with Crippen LogP contribution in [0.2, 0.25) is 0 Å². The molecule has 0 aliphatic rings. The molecule has 26 heavy (non-hydrogen) atoms. The lowest BCUT2D eigenvalue weighted by Gasteiger charge is -2.10. The highest BCUT2D eigenvalue weighted by Gasteiger charge is 2.16. The summed E-state index contributed by atoms with van der Waals surface area (Å²) in [6.45, 7) is 3.72. The molecule has 8 heteroatoms. The molecular formula is C18H17N3O3S2. The zero-order chi connectivity index (χ0) is 18.7. The molecule has 0 bridgehead atoms. The number of nitrogens with one attached hydrogen (secondary N) is 2. The Morgan fingerprint density at radius 2 is 1.73 bits per heavy atom. The van der Waals surface area contributed by atoms with E-state index in [1.165, 1.54) is 35.6 Å². The minimum atomic E-state index is -3.73. The Bertz CT molecular complexity index is 1040. The predicted octanol–water partition coefficient (Wildman–Crippen LogP) is 3.81. The summed E-state index contributed by atoms with van der Waals surface area (Å²) in [5, 5.41) is 3.19. The average molecular weight is 387 g/mol. The zero-order valence-corrected chi connectivity index (χ0v) is 15.8. The van der Waals surface area contributed by atoms with Gasteiger partial charge in [-0.3, -0.25) is 14.8 Å². The topological polar surface area (TPSA) is 88.2 Å². The Balaban J connectivity index is 1.76. The predicted molar refractivity (Wildman–Crippen MR) is 103 cm³/mol. The molecule has 0 spiro atoms. The molecule has 0 aliphatic heterocycles. The molecule has 0 radical (unpaired) electrons. The van der Waals surface area contributed by atoms with E-state index >= 15 is 0 Å². The fourth-order valence-corrected chi connectivity index (χ4v) is 4.05. The molecule has 134 valence electrons. The second-order valence-corrected chi connectivity index (χ2v) is 8.59. The number of anilines is 2. The van der Waals surface area contributed by atoms with Gasteiger partial charge in [-0.1, -0.05) is 18.2 Å². The van der Waals surface area contributed by atoms with E-state index in [0.29, 0.717) is 16.4 Å². The Morgan fingerprint density at radius 1 is 1.04 bits per heavy atom. The Hall–Kier alpha value is -2.71. The normalized spacial score (nSPS) is 11.2. The molecule has 2 aromatic carbocycles. The van der Waals surface area contributed by atoms with Crippen molar-refractivity contribution in [1.82, 2.24) is 4.98 Å². The van der Waals surface area contributed by atoms with Gasteiger partial charge >= 0.3 is 0 Å². The number of aryl methyl sites for hydroxylation is 2. The Morgan fingerprint density at radius 3 is 2.35 bits per heavy atom. The third-order valence-electron chi connectivity index (χ3n) is 3.66. The minimum Gasteiger partial charge on any atom is -0.298 e. The number of para-hydroxylation sites is 1. The number of hydrogen-bond acceptors (Lipinski definition) is 5. The number of carbonyl (C=O) groups is 1. The third kappa shape index (κ3) is 4.09. The van der Waals surface area contributed by atoms with Crippen molar-refractivity contribution >= 4 is 38.1 Å². The lowest BCUT2D eigenvalue weighted by Crippen LogP contribution is -2.15. The molecule has 1 aromatic heterocycles. The van der Waals surface area contributed by atoms with Gasteiger partial charge in [0.2, 0.25) is 0 Å². The van der Waals surface area contributed by atoms with Gasteiger partial charge in [-0.05, 0) is 49.7 Å². The molecule has 0 aliphatic carbocycles. The summed E-state index contributed by atoms with van der Waals surface area (Å²) in [6.07, 6.45) is 1.67. The van der Waals surface area contributed by atoms with Crippen LogP contribution in [0, 0.1) is 13.8 Å². The number of aromatic nitrogens is 1. The smallest absolute Gasteiger partial charge is 0.261 e. The van der Waals surface area contributed by atoms with Gasteiger partial charge in [0.05, 0.1) is 10.6 Å². The van der Waals surface area contributed by atoms with Crippen molar-refractivity contribution in [3.63, 3.8) is 0 Å². The van der Waals surface area contributed by atoms with E-state index in [0.717, 1.165) is 10.4 Å². The van der Waals surface area contributed by atoms with E-state index < -0.39 is 10.0 Å². The minimum absolute atomic E-state index is 0.0856. The third-order valence-corrected chi connectivity index (χ3v) is 5.87.